The molecule has 0 aliphatic carbocycles. The van der Waals surface area contributed by atoms with Crippen LogP contribution < -0.4 is 10.5 Å². The predicted molar refractivity (Wildman–Crippen MR) is 49.8 cm³/mol. The van der Waals surface area contributed by atoms with Crippen molar-refractivity contribution in [3.63, 3.8) is 0 Å². The second-order valence-corrected chi connectivity index (χ2v) is 3.31. The van der Waals surface area contributed by atoms with Crippen LogP contribution in [0.3, 0.4) is 0 Å². The summed E-state index contributed by atoms with van der Waals surface area (Å²) < 4.78 is 29.5. The third-order valence-electron chi connectivity index (χ3n) is 1.27. The Kier molecular flexibility index (Phi) is 3.10. The van der Waals surface area contributed by atoms with Gasteiger partial charge >= 0.3 is 0 Å². The van der Waals surface area contributed by atoms with Gasteiger partial charge < -0.3 is 10.5 Å². The number of hydrogen-bond donors (Lipinski definition) is 1. The van der Waals surface area contributed by atoms with Gasteiger partial charge in [-0.05, 0) is 6.07 Å². The monoisotopic (exact) mass is 222 g/mol. The maximum absolute atomic E-state index is 12.4. The minimum Gasteiger partial charge on any atom is -0.471 e. The number of anilines is 1. The van der Waals surface area contributed by atoms with Crippen LogP contribution in [-0.4, -0.2) is 17.5 Å². The number of nitrogens with zero attached hydrogens (tertiary/aromatic N) is 1. The van der Waals surface area contributed by atoms with E-state index in [9.17, 15) is 8.78 Å². The summed E-state index contributed by atoms with van der Waals surface area (Å²) in [6.07, 6.45) is 0. The molecule has 1 aromatic rings. The smallest absolute Gasteiger partial charge is 0.278 e. The van der Waals surface area contributed by atoms with E-state index >= 15 is 0 Å². The summed E-state index contributed by atoms with van der Waals surface area (Å²) in [5.41, 5.74) is 5.73. The number of nitrogen functional groups attached to an aromatic ring is 1. The lowest BCUT2D eigenvalue weighted by molar-refractivity contribution is -0.0242. The van der Waals surface area contributed by atoms with Crippen molar-refractivity contribution in [1.82, 2.24) is 4.98 Å². The lowest BCUT2D eigenvalue weighted by atomic mass is 10.4. The Bertz CT molecular complexity index is 307. The highest BCUT2D eigenvalue weighted by atomic mass is 35.5. The van der Waals surface area contributed by atoms with Gasteiger partial charge in [0.15, 0.2) is 6.61 Å². The Balaban J connectivity index is 2.68. The molecule has 0 aliphatic rings. The van der Waals surface area contributed by atoms with Crippen LogP contribution in [0.25, 0.3) is 0 Å². The molecule has 1 heterocycles. The molecule has 0 unspecified atom stereocenters. The third-order valence-corrected chi connectivity index (χ3v) is 1.46. The van der Waals surface area contributed by atoms with E-state index in [0.29, 0.717) is 5.69 Å². The van der Waals surface area contributed by atoms with Crippen LogP contribution >= 0.6 is 11.6 Å². The molecule has 0 saturated carbocycles. The van der Waals surface area contributed by atoms with Crippen molar-refractivity contribution in [2.75, 3.05) is 12.3 Å². The molecule has 0 bridgehead atoms. The summed E-state index contributed by atoms with van der Waals surface area (Å²) in [6, 6.07) is 2.73. The summed E-state index contributed by atoms with van der Waals surface area (Å²) >= 11 is 5.54. The highest BCUT2D eigenvalue weighted by molar-refractivity contribution is 6.29. The van der Waals surface area contributed by atoms with Gasteiger partial charge in [0.1, 0.15) is 5.15 Å². The Morgan fingerprint density at radius 2 is 2.21 bits per heavy atom. The number of aromatic nitrogens is 1. The van der Waals surface area contributed by atoms with Crippen molar-refractivity contribution in [3.05, 3.63) is 17.3 Å². The summed E-state index contributed by atoms with van der Waals surface area (Å²) in [4.78, 5) is 3.67. The van der Waals surface area contributed by atoms with Crippen LogP contribution in [0, 0.1) is 0 Å². The number of halogens is 3. The molecule has 3 nitrogen and oxygen atoms in total. The van der Waals surface area contributed by atoms with Crippen LogP contribution in [-0.2, 0) is 0 Å². The van der Waals surface area contributed by atoms with E-state index in [1.807, 2.05) is 0 Å². The fourth-order valence-corrected chi connectivity index (χ4v) is 0.975. The lowest BCUT2D eigenvalue weighted by Gasteiger charge is -2.11. The van der Waals surface area contributed by atoms with Gasteiger partial charge in [-0.1, -0.05) is 11.6 Å². The molecule has 2 N–H and O–H groups in total. The zero-order valence-corrected chi connectivity index (χ0v) is 8.18. The highest BCUT2D eigenvalue weighted by Gasteiger charge is 2.22. The molecule has 0 aromatic carbocycles. The molecule has 0 atom stereocenters. The Labute approximate surface area is 84.8 Å². The van der Waals surface area contributed by atoms with Crippen LogP contribution in [0.5, 0.6) is 5.88 Å². The first-order valence-electron chi connectivity index (χ1n) is 3.80. The summed E-state index contributed by atoms with van der Waals surface area (Å²) in [7, 11) is 0. The summed E-state index contributed by atoms with van der Waals surface area (Å²) in [6.45, 7) is 0.000681. The Morgan fingerprint density at radius 3 is 2.71 bits per heavy atom. The number of pyridine rings is 1. The fraction of sp³-hybridized carbons (Fsp3) is 0.375. The minimum absolute atomic E-state index is 0.00322. The van der Waals surface area contributed by atoms with E-state index in [-0.39, 0.29) is 11.0 Å². The van der Waals surface area contributed by atoms with Crippen LogP contribution in [0.1, 0.15) is 6.92 Å². The van der Waals surface area contributed by atoms with Crippen molar-refractivity contribution in [2.45, 2.75) is 12.8 Å². The first kappa shape index (κ1) is 11.0. The average molecular weight is 223 g/mol. The van der Waals surface area contributed by atoms with E-state index in [0.717, 1.165) is 6.92 Å². The molecule has 0 saturated heterocycles. The topological polar surface area (TPSA) is 48.1 Å². The van der Waals surface area contributed by atoms with Gasteiger partial charge in [0.2, 0.25) is 5.88 Å². The molecule has 0 aliphatic heterocycles. The van der Waals surface area contributed by atoms with Crippen LogP contribution in [0.4, 0.5) is 14.5 Å². The first-order chi connectivity index (χ1) is 6.37. The van der Waals surface area contributed by atoms with Crippen molar-refractivity contribution in [2.24, 2.45) is 0 Å². The number of nitrogens with two attached hydrogens (primary N) is 1. The SMILES string of the molecule is CC(F)(F)COc1cc(N)cc(Cl)n1. The normalized spacial score (nSPS) is 11.4. The molecule has 78 valence electrons. The van der Waals surface area contributed by atoms with Gasteiger partial charge in [-0.25, -0.2) is 13.8 Å². The van der Waals surface area contributed by atoms with Crippen LogP contribution in [0.2, 0.25) is 5.15 Å². The second kappa shape index (κ2) is 3.96. The quantitative estimate of drug-likeness (QED) is 0.799. The standard InChI is InChI=1S/C8H9ClF2N2O/c1-8(10,11)4-14-7-3-5(12)2-6(9)13-7/h2-3H,4H2,1H3,(H2,12,13). The third kappa shape index (κ3) is 3.74. The van der Waals surface area contributed by atoms with Gasteiger partial charge in [0.05, 0.1) is 0 Å². The maximum atomic E-state index is 12.4. The minimum atomic E-state index is -2.90. The maximum Gasteiger partial charge on any atom is 0.278 e. The molecule has 6 heteroatoms. The fourth-order valence-electron chi connectivity index (χ4n) is 0.766. The van der Waals surface area contributed by atoms with E-state index in [4.69, 9.17) is 22.1 Å². The number of rotatable bonds is 3. The first-order valence-corrected chi connectivity index (χ1v) is 4.18. The van der Waals surface area contributed by atoms with Gasteiger partial charge in [0.25, 0.3) is 5.92 Å². The molecule has 0 amide bonds. The van der Waals surface area contributed by atoms with Crippen LogP contribution in [0.15, 0.2) is 12.1 Å². The van der Waals surface area contributed by atoms with Gasteiger partial charge in [0, 0.05) is 18.7 Å². The Morgan fingerprint density at radius 1 is 1.57 bits per heavy atom. The Hall–Kier alpha value is -1.10. The number of alkyl halides is 2. The number of hydrogen-bond acceptors (Lipinski definition) is 3. The second-order valence-electron chi connectivity index (χ2n) is 2.92. The summed E-state index contributed by atoms with van der Waals surface area (Å²) in [5, 5.41) is 0.111. The molecule has 0 spiro atoms. The van der Waals surface area contributed by atoms with Crippen molar-refractivity contribution < 1.29 is 13.5 Å². The number of ether oxygens (including phenoxy) is 1. The van der Waals surface area contributed by atoms with Gasteiger partial charge in [-0.3, -0.25) is 0 Å². The van der Waals surface area contributed by atoms with E-state index in [1.165, 1.54) is 12.1 Å². The van der Waals surface area contributed by atoms with Crippen molar-refractivity contribution >= 4 is 17.3 Å². The molecular formula is C8H9ClF2N2O. The van der Waals surface area contributed by atoms with Gasteiger partial charge in [-0.2, -0.15) is 0 Å². The zero-order chi connectivity index (χ0) is 10.8. The molecule has 0 fully saturated rings. The molecule has 1 aromatic heterocycles. The highest BCUT2D eigenvalue weighted by Crippen LogP contribution is 2.20. The van der Waals surface area contributed by atoms with E-state index in [1.54, 1.807) is 0 Å². The zero-order valence-electron chi connectivity index (χ0n) is 7.43. The van der Waals surface area contributed by atoms with Crippen molar-refractivity contribution in [1.29, 1.82) is 0 Å². The van der Waals surface area contributed by atoms with Gasteiger partial charge in [-0.15, -0.1) is 0 Å². The lowest BCUT2D eigenvalue weighted by Crippen LogP contribution is -2.21. The van der Waals surface area contributed by atoms with E-state index in [2.05, 4.69) is 4.98 Å². The van der Waals surface area contributed by atoms with Crippen molar-refractivity contribution in [3.8, 4) is 5.88 Å². The molecular weight excluding hydrogens is 214 g/mol. The summed E-state index contributed by atoms with van der Waals surface area (Å²) in [5.74, 6) is -2.91. The molecule has 1 rings (SSSR count). The van der Waals surface area contributed by atoms with E-state index < -0.39 is 12.5 Å². The largest absolute Gasteiger partial charge is 0.471 e. The average Bonchev–Trinajstić information content (AvgIpc) is 1.97. The molecule has 0 radical (unpaired) electrons. The molecule has 14 heavy (non-hydrogen) atoms. The predicted octanol–water partition coefficient (Wildman–Crippen LogP) is 2.35.